The number of ether oxygens (including phenoxy) is 1. The number of aliphatic imine (C=N–C) groups is 1. The van der Waals surface area contributed by atoms with Crippen molar-refractivity contribution in [2.45, 2.75) is 51.2 Å². The molecule has 0 saturated carbocycles. The highest BCUT2D eigenvalue weighted by Crippen LogP contribution is 2.37. The van der Waals surface area contributed by atoms with E-state index in [9.17, 15) is 9.59 Å². The first-order chi connectivity index (χ1) is 27.0. The molecule has 8 rings (SSSR count). The number of fused-ring (bicyclic) bond motifs is 3. The SMILES string of the molecule is CCCCn1c2cc(N=C(c3ccccc3)c3ccccc3)ccc2c2ccc(-c3cnc([C@@H]4CCCN4C(=O)[C@H](NC(=O)OC)c4ccccc4)[nH]3)cc21. The van der Waals surface area contributed by atoms with Crippen LogP contribution in [-0.4, -0.2) is 50.8 Å². The molecular formula is C46H44N6O3. The molecule has 1 aliphatic heterocycles. The summed E-state index contributed by atoms with van der Waals surface area (Å²) in [6.45, 7) is 3.67. The molecule has 2 amide bonds. The van der Waals surface area contributed by atoms with Crippen molar-refractivity contribution in [2.24, 2.45) is 4.99 Å². The standard InChI is InChI=1S/C46H44N6O3/c1-3-4-26-51-40-28-34(38-30-47-44(49-38)39-21-14-27-52(39)45(53)43(50-46(54)55-2)33-19-12-7-13-20-33)22-24-36(40)37-25-23-35(29-41(37)51)48-42(31-15-8-5-9-16-31)32-17-10-6-11-18-32/h5-13,15-20,22-25,28-30,39,43H,3-4,14,21,26-27H2,1-2H3,(H,47,49)(H,50,54)/t39-,43+/m0/s1. The molecule has 5 aromatic carbocycles. The van der Waals surface area contributed by atoms with Gasteiger partial charge in [-0.2, -0.15) is 0 Å². The Morgan fingerprint density at radius 1 is 0.873 bits per heavy atom. The third kappa shape index (κ3) is 7.25. The fourth-order valence-corrected chi connectivity index (χ4v) is 7.74. The summed E-state index contributed by atoms with van der Waals surface area (Å²) in [6, 6.07) is 42.0. The number of aromatic amines is 1. The number of amides is 2. The molecular weight excluding hydrogens is 685 g/mol. The number of likely N-dealkylation sites (tertiary alicyclic amines) is 1. The Morgan fingerprint density at radius 3 is 2.20 bits per heavy atom. The third-order valence-electron chi connectivity index (χ3n) is 10.5. The Kier molecular flexibility index (Phi) is 10.3. The minimum Gasteiger partial charge on any atom is -0.453 e. The van der Waals surface area contributed by atoms with E-state index in [0.29, 0.717) is 12.1 Å². The number of hydrogen-bond acceptors (Lipinski definition) is 5. The van der Waals surface area contributed by atoms with Crippen LogP contribution in [0.2, 0.25) is 0 Å². The number of unbranched alkanes of at least 4 members (excludes halogenated alkanes) is 1. The zero-order chi connectivity index (χ0) is 37.7. The molecule has 0 radical (unpaired) electrons. The van der Waals surface area contributed by atoms with Crippen molar-refractivity contribution < 1.29 is 14.3 Å². The van der Waals surface area contributed by atoms with Crippen LogP contribution >= 0.6 is 0 Å². The number of aromatic nitrogens is 3. The van der Waals surface area contributed by atoms with Crippen LogP contribution in [0.5, 0.6) is 0 Å². The summed E-state index contributed by atoms with van der Waals surface area (Å²) >= 11 is 0. The number of hydrogen-bond donors (Lipinski definition) is 2. The average Bonchev–Trinajstić information content (AvgIpc) is 4.00. The van der Waals surface area contributed by atoms with Gasteiger partial charge in [0.05, 0.1) is 42.0 Å². The number of carbonyl (C=O) groups is 2. The highest BCUT2D eigenvalue weighted by Gasteiger charge is 2.37. The second-order valence-electron chi connectivity index (χ2n) is 14.0. The first kappa shape index (κ1) is 35.5. The van der Waals surface area contributed by atoms with Gasteiger partial charge in [-0.05, 0) is 43.0 Å². The molecule has 2 atom stereocenters. The van der Waals surface area contributed by atoms with Gasteiger partial charge in [-0.15, -0.1) is 0 Å². The number of rotatable bonds is 11. The van der Waals surface area contributed by atoms with Crippen molar-refractivity contribution in [3.8, 4) is 11.3 Å². The molecule has 9 heteroatoms. The third-order valence-corrected chi connectivity index (χ3v) is 10.5. The molecule has 2 aromatic heterocycles. The molecule has 1 saturated heterocycles. The Hall–Kier alpha value is -6.48. The lowest BCUT2D eigenvalue weighted by molar-refractivity contribution is -0.134. The van der Waals surface area contributed by atoms with Crippen LogP contribution in [0.4, 0.5) is 10.5 Å². The summed E-state index contributed by atoms with van der Waals surface area (Å²) in [5.41, 5.74) is 8.89. The number of carbonyl (C=O) groups excluding carboxylic acids is 2. The van der Waals surface area contributed by atoms with Crippen molar-refractivity contribution in [3.63, 3.8) is 0 Å². The summed E-state index contributed by atoms with van der Waals surface area (Å²) in [4.78, 5) is 41.8. The van der Waals surface area contributed by atoms with Gasteiger partial charge in [0, 0.05) is 46.1 Å². The van der Waals surface area contributed by atoms with Gasteiger partial charge >= 0.3 is 6.09 Å². The van der Waals surface area contributed by atoms with Crippen LogP contribution < -0.4 is 5.32 Å². The summed E-state index contributed by atoms with van der Waals surface area (Å²) < 4.78 is 7.29. The molecule has 0 spiro atoms. The maximum Gasteiger partial charge on any atom is 0.407 e. The van der Waals surface area contributed by atoms with Crippen LogP contribution in [0.1, 0.15) is 67.2 Å². The Balaban J connectivity index is 1.13. The average molecular weight is 729 g/mol. The van der Waals surface area contributed by atoms with E-state index in [2.05, 4.69) is 107 Å². The number of methoxy groups -OCH3 is 1. The van der Waals surface area contributed by atoms with E-state index in [-0.39, 0.29) is 11.9 Å². The Bertz CT molecular complexity index is 2430. The van der Waals surface area contributed by atoms with E-state index in [4.69, 9.17) is 14.7 Å². The van der Waals surface area contributed by atoms with Crippen molar-refractivity contribution in [2.75, 3.05) is 13.7 Å². The van der Waals surface area contributed by atoms with Gasteiger partial charge in [0.2, 0.25) is 0 Å². The van der Waals surface area contributed by atoms with Crippen molar-refractivity contribution in [3.05, 3.63) is 156 Å². The maximum absolute atomic E-state index is 14.0. The van der Waals surface area contributed by atoms with E-state index in [0.717, 1.165) is 82.9 Å². The molecule has 9 nitrogen and oxygen atoms in total. The molecule has 276 valence electrons. The lowest BCUT2D eigenvalue weighted by Crippen LogP contribution is -2.42. The molecule has 1 aliphatic rings. The predicted octanol–water partition coefficient (Wildman–Crippen LogP) is 9.91. The van der Waals surface area contributed by atoms with E-state index in [1.54, 1.807) is 0 Å². The topological polar surface area (TPSA) is 105 Å². The fraction of sp³-hybridized carbons (Fsp3) is 0.217. The van der Waals surface area contributed by atoms with Crippen LogP contribution in [0.25, 0.3) is 33.1 Å². The first-order valence-corrected chi connectivity index (χ1v) is 19.0. The lowest BCUT2D eigenvalue weighted by atomic mass is 10.0. The molecule has 3 heterocycles. The normalized spacial score (nSPS) is 14.6. The van der Waals surface area contributed by atoms with Crippen LogP contribution in [0.15, 0.2) is 139 Å². The number of benzene rings is 5. The molecule has 55 heavy (non-hydrogen) atoms. The second-order valence-corrected chi connectivity index (χ2v) is 14.0. The smallest absolute Gasteiger partial charge is 0.407 e. The van der Waals surface area contributed by atoms with Crippen LogP contribution in [0, 0.1) is 0 Å². The van der Waals surface area contributed by atoms with Gasteiger partial charge in [-0.1, -0.05) is 123 Å². The van der Waals surface area contributed by atoms with E-state index >= 15 is 0 Å². The molecule has 7 aromatic rings. The van der Waals surface area contributed by atoms with Gasteiger partial charge in [0.1, 0.15) is 11.9 Å². The van der Waals surface area contributed by atoms with Crippen molar-refractivity contribution >= 4 is 45.2 Å². The summed E-state index contributed by atoms with van der Waals surface area (Å²) in [7, 11) is 1.30. The van der Waals surface area contributed by atoms with Gasteiger partial charge in [0.25, 0.3) is 5.91 Å². The molecule has 2 N–H and O–H groups in total. The Morgan fingerprint density at radius 2 is 1.53 bits per heavy atom. The molecule has 0 aliphatic carbocycles. The van der Waals surface area contributed by atoms with Gasteiger partial charge in [0.15, 0.2) is 0 Å². The van der Waals surface area contributed by atoms with E-state index in [1.807, 2.05) is 53.6 Å². The highest BCUT2D eigenvalue weighted by molar-refractivity contribution is 6.14. The minimum absolute atomic E-state index is 0.192. The Labute approximate surface area is 320 Å². The van der Waals surface area contributed by atoms with E-state index < -0.39 is 12.1 Å². The summed E-state index contributed by atoms with van der Waals surface area (Å²) in [6.07, 6.45) is 4.93. The quantitative estimate of drug-likeness (QED) is 0.129. The molecule has 0 bridgehead atoms. The maximum atomic E-state index is 14.0. The number of aryl methyl sites for hydroxylation is 1. The molecule has 1 fully saturated rings. The number of nitrogens with one attached hydrogen (secondary N) is 2. The number of nitrogens with zero attached hydrogens (tertiary/aromatic N) is 4. The first-order valence-electron chi connectivity index (χ1n) is 19.0. The van der Waals surface area contributed by atoms with Gasteiger partial charge in [-0.25, -0.2) is 14.8 Å². The number of alkyl carbamates (subject to hydrolysis) is 1. The van der Waals surface area contributed by atoms with Crippen LogP contribution in [-0.2, 0) is 16.1 Å². The molecule has 0 unspecified atom stereocenters. The monoisotopic (exact) mass is 728 g/mol. The number of H-pyrrole nitrogens is 1. The van der Waals surface area contributed by atoms with Crippen molar-refractivity contribution in [1.29, 1.82) is 0 Å². The zero-order valence-corrected chi connectivity index (χ0v) is 31.1. The highest BCUT2D eigenvalue weighted by atomic mass is 16.5. The fourth-order valence-electron chi connectivity index (χ4n) is 7.74. The summed E-state index contributed by atoms with van der Waals surface area (Å²) in [5.74, 6) is 0.537. The van der Waals surface area contributed by atoms with E-state index in [1.165, 1.54) is 17.9 Å². The number of imidazole rings is 1. The zero-order valence-electron chi connectivity index (χ0n) is 31.1. The van der Waals surface area contributed by atoms with Crippen molar-refractivity contribution in [1.82, 2.24) is 24.8 Å². The predicted molar refractivity (Wildman–Crippen MR) is 219 cm³/mol. The lowest BCUT2D eigenvalue weighted by Gasteiger charge is -2.28. The van der Waals surface area contributed by atoms with Crippen LogP contribution in [0.3, 0.4) is 0 Å². The summed E-state index contributed by atoms with van der Waals surface area (Å²) in [5, 5.41) is 5.13. The van der Waals surface area contributed by atoms with Gasteiger partial charge < -0.3 is 24.5 Å². The van der Waals surface area contributed by atoms with Gasteiger partial charge in [-0.3, -0.25) is 4.79 Å². The minimum atomic E-state index is -0.870. The largest absolute Gasteiger partial charge is 0.453 e. The second kappa shape index (κ2) is 15.9.